The third-order valence-electron chi connectivity index (χ3n) is 2.92. The highest BCUT2D eigenvalue weighted by Gasteiger charge is 2.24. The molecule has 0 aliphatic carbocycles. The Balaban J connectivity index is 3.30. The maximum atomic E-state index is 12.1. The van der Waals surface area contributed by atoms with Crippen molar-refractivity contribution in [1.29, 1.82) is 0 Å². The summed E-state index contributed by atoms with van der Waals surface area (Å²) in [7, 11) is 0. The first kappa shape index (κ1) is 13.6. The van der Waals surface area contributed by atoms with Crippen LogP contribution in [-0.2, 0) is 5.41 Å². The van der Waals surface area contributed by atoms with Crippen molar-refractivity contribution in [2.75, 3.05) is 0 Å². The molecule has 4 heteroatoms. The average Bonchev–Trinajstić information content (AvgIpc) is 2.47. The number of rotatable bonds is 3. The van der Waals surface area contributed by atoms with Gasteiger partial charge in [-0.1, -0.05) is 34.6 Å². The van der Waals surface area contributed by atoms with Crippen LogP contribution < -0.4 is 5.56 Å². The summed E-state index contributed by atoms with van der Waals surface area (Å²) < 4.78 is 2.43. The van der Waals surface area contributed by atoms with E-state index >= 15 is 0 Å². The molecule has 0 bridgehead atoms. The zero-order valence-corrected chi connectivity index (χ0v) is 12.3. The van der Waals surface area contributed by atoms with Gasteiger partial charge in [-0.25, -0.2) is 4.68 Å². The van der Waals surface area contributed by atoms with E-state index in [0.29, 0.717) is 4.47 Å². The standard InChI is InChI=1S/C12H21BrN2O/c1-6-8(7-2)15-11(16)9(13)10(14-15)12(3,4)5/h8,14H,6-7H2,1-5H3. The largest absolute Gasteiger partial charge is 0.298 e. The van der Waals surface area contributed by atoms with Crippen LogP contribution in [0.5, 0.6) is 0 Å². The predicted octanol–water partition coefficient (Wildman–Crippen LogP) is 3.60. The summed E-state index contributed by atoms with van der Waals surface area (Å²) in [5.74, 6) is 0. The van der Waals surface area contributed by atoms with Gasteiger partial charge < -0.3 is 0 Å². The van der Waals surface area contributed by atoms with Gasteiger partial charge in [0, 0.05) is 5.41 Å². The second-order valence-corrected chi connectivity index (χ2v) is 5.99. The number of H-pyrrole nitrogens is 1. The Kier molecular flexibility index (Phi) is 4.05. The van der Waals surface area contributed by atoms with Gasteiger partial charge in [0.2, 0.25) is 0 Å². The van der Waals surface area contributed by atoms with E-state index < -0.39 is 0 Å². The summed E-state index contributed by atoms with van der Waals surface area (Å²) >= 11 is 3.40. The van der Waals surface area contributed by atoms with Gasteiger partial charge in [0.1, 0.15) is 4.47 Å². The molecule has 0 aliphatic heterocycles. The molecule has 16 heavy (non-hydrogen) atoms. The van der Waals surface area contributed by atoms with Crippen LogP contribution in [0.2, 0.25) is 0 Å². The highest BCUT2D eigenvalue weighted by Crippen LogP contribution is 2.27. The van der Waals surface area contributed by atoms with E-state index in [0.717, 1.165) is 18.5 Å². The van der Waals surface area contributed by atoms with Gasteiger partial charge in [-0.05, 0) is 28.8 Å². The number of hydrogen-bond donors (Lipinski definition) is 1. The van der Waals surface area contributed by atoms with Gasteiger partial charge >= 0.3 is 0 Å². The fourth-order valence-corrected chi connectivity index (χ4v) is 2.72. The Hall–Kier alpha value is -0.510. The molecular formula is C12H21BrN2O. The number of nitrogens with one attached hydrogen (secondary N) is 1. The lowest BCUT2D eigenvalue weighted by molar-refractivity contribution is 0.407. The van der Waals surface area contributed by atoms with E-state index in [9.17, 15) is 4.79 Å². The van der Waals surface area contributed by atoms with Crippen molar-refractivity contribution in [3.05, 3.63) is 20.5 Å². The fourth-order valence-electron chi connectivity index (χ4n) is 1.84. The van der Waals surface area contributed by atoms with E-state index in [1.165, 1.54) is 0 Å². The third kappa shape index (κ3) is 2.42. The maximum absolute atomic E-state index is 12.1. The molecule has 0 saturated carbocycles. The summed E-state index contributed by atoms with van der Waals surface area (Å²) in [6, 6.07) is 0.264. The Bertz CT molecular complexity index is 408. The summed E-state index contributed by atoms with van der Waals surface area (Å²) in [5, 5.41) is 3.25. The Morgan fingerprint density at radius 1 is 1.31 bits per heavy atom. The molecule has 1 aromatic rings. The van der Waals surface area contributed by atoms with Gasteiger partial charge in [0.25, 0.3) is 5.56 Å². The topological polar surface area (TPSA) is 37.8 Å². The third-order valence-corrected chi connectivity index (χ3v) is 3.65. The van der Waals surface area contributed by atoms with Crippen LogP contribution in [0, 0.1) is 0 Å². The lowest BCUT2D eigenvalue weighted by atomic mass is 9.93. The smallest absolute Gasteiger partial charge is 0.281 e. The zero-order chi connectivity index (χ0) is 12.5. The van der Waals surface area contributed by atoms with Gasteiger partial charge in [-0.15, -0.1) is 0 Å². The van der Waals surface area contributed by atoms with Gasteiger partial charge in [-0.3, -0.25) is 9.89 Å². The van der Waals surface area contributed by atoms with Crippen molar-refractivity contribution >= 4 is 15.9 Å². The van der Waals surface area contributed by atoms with Crippen LogP contribution in [0.15, 0.2) is 9.27 Å². The Morgan fingerprint density at radius 2 is 1.81 bits per heavy atom. The van der Waals surface area contributed by atoms with Crippen LogP contribution in [0.4, 0.5) is 0 Å². The quantitative estimate of drug-likeness (QED) is 0.907. The molecule has 1 aromatic heterocycles. The molecule has 1 heterocycles. The van der Waals surface area contributed by atoms with E-state index in [2.05, 4.69) is 55.6 Å². The van der Waals surface area contributed by atoms with E-state index in [4.69, 9.17) is 0 Å². The average molecular weight is 289 g/mol. The zero-order valence-electron chi connectivity index (χ0n) is 10.7. The Labute approximate surface area is 105 Å². The van der Waals surface area contributed by atoms with Crippen molar-refractivity contribution in [2.45, 2.75) is 58.9 Å². The number of halogens is 1. The predicted molar refractivity (Wildman–Crippen MR) is 71.1 cm³/mol. The van der Waals surface area contributed by atoms with Crippen molar-refractivity contribution in [3.63, 3.8) is 0 Å². The lowest BCUT2D eigenvalue weighted by Gasteiger charge is -2.18. The number of aromatic nitrogens is 2. The minimum atomic E-state index is -0.0464. The first-order valence-electron chi connectivity index (χ1n) is 5.83. The van der Waals surface area contributed by atoms with Crippen LogP contribution in [0.3, 0.4) is 0 Å². The van der Waals surface area contributed by atoms with Gasteiger partial charge in [-0.2, -0.15) is 0 Å². The summed E-state index contributed by atoms with van der Waals surface area (Å²) in [5.41, 5.74) is 0.984. The summed E-state index contributed by atoms with van der Waals surface area (Å²) in [6.45, 7) is 10.5. The van der Waals surface area contributed by atoms with Crippen molar-refractivity contribution in [2.24, 2.45) is 0 Å². The molecule has 0 spiro atoms. The van der Waals surface area contributed by atoms with Crippen LogP contribution in [0.1, 0.15) is 59.2 Å². The lowest BCUT2D eigenvalue weighted by Crippen LogP contribution is -2.22. The summed E-state index contributed by atoms with van der Waals surface area (Å²) in [6.07, 6.45) is 1.93. The normalized spacial score (nSPS) is 12.4. The SMILES string of the molecule is CCC(CC)n1[nH]c(C(C)(C)C)c(Br)c1=O. The first-order chi connectivity index (χ1) is 7.32. The minimum Gasteiger partial charge on any atom is -0.298 e. The van der Waals surface area contributed by atoms with E-state index in [1.54, 1.807) is 4.68 Å². The second kappa shape index (κ2) is 4.78. The highest BCUT2D eigenvalue weighted by molar-refractivity contribution is 9.10. The number of nitrogens with zero attached hydrogens (tertiary/aromatic N) is 1. The van der Waals surface area contributed by atoms with Crippen LogP contribution in [-0.4, -0.2) is 9.78 Å². The second-order valence-electron chi connectivity index (χ2n) is 5.20. The molecule has 0 aliphatic rings. The van der Waals surface area contributed by atoms with Crippen molar-refractivity contribution < 1.29 is 0 Å². The number of hydrogen-bond acceptors (Lipinski definition) is 1. The molecule has 0 fully saturated rings. The Morgan fingerprint density at radius 3 is 2.12 bits per heavy atom. The van der Waals surface area contributed by atoms with Gasteiger partial charge in [0.15, 0.2) is 0 Å². The van der Waals surface area contributed by atoms with Crippen molar-refractivity contribution in [3.8, 4) is 0 Å². The molecule has 1 rings (SSSR count). The molecule has 0 radical (unpaired) electrons. The van der Waals surface area contributed by atoms with E-state index in [-0.39, 0.29) is 17.0 Å². The molecule has 3 nitrogen and oxygen atoms in total. The molecule has 1 N–H and O–H groups in total. The van der Waals surface area contributed by atoms with Crippen molar-refractivity contribution in [1.82, 2.24) is 9.78 Å². The maximum Gasteiger partial charge on any atom is 0.281 e. The van der Waals surface area contributed by atoms with Crippen LogP contribution >= 0.6 is 15.9 Å². The van der Waals surface area contributed by atoms with E-state index in [1.807, 2.05) is 0 Å². The molecule has 0 unspecified atom stereocenters. The van der Waals surface area contributed by atoms with Gasteiger partial charge in [0.05, 0.1) is 11.7 Å². The molecule has 0 amide bonds. The van der Waals surface area contributed by atoms with Crippen LogP contribution in [0.25, 0.3) is 0 Å². The molecule has 92 valence electrons. The fraction of sp³-hybridized carbons (Fsp3) is 0.750. The molecular weight excluding hydrogens is 268 g/mol. The minimum absolute atomic E-state index is 0.0464. The number of aromatic amines is 1. The first-order valence-corrected chi connectivity index (χ1v) is 6.62. The molecule has 0 saturated heterocycles. The monoisotopic (exact) mass is 288 g/mol. The molecule has 0 aromatic carbocycles. The summed E-state index contributed by atoms with van der Waals surface area (Å²) in [4.78, 5) is 12.1. The highest BCUT2D eigenvalue weighted by atomic mass is 79.9. The molecule has 0 atom stereocenters.